The molecule has 134 valence electrons. The van der Waals surface area contributed by atoms with E-state index in [9.17, 15) is 0 Å². The summed E-state index contributed by atoms with van der Waals surface area (Å²) in [6.45, 7) is 2.73. The third-order valence-corrected chi connectivity index (χ3v) is 5.41. The molecule has 2 radical (unpaired) electrons. The minimum absolute atomic E-state index is 0.567. The number of unbranched alkanes of at least 4 members (excludes halogenated alkanes) is 1. The number of hydrogen-bond acceptors (Lipinski definition) is 4. The Hall–Kier alpha value is -2.14. The molecule has 5 heteroatoms. The van der Waals surface area contributed by atoms with Crippen LogP contribution >= 0.6 is 11.3 Å². The molecule has 3 nitrogen and oxygen atoms in total. The second-order valence-electron chi connectivity index (χ2n) is 6.15. The number of hydrogen-bond donors (Lipinski definition) is 0. The summed E-state index contributed by atoms with van der Waals surface area (Å²) < 4.78 is 18.4. The number of methoxy groups -OCH3 is 2. The molecule has 3 rings (SSSR count). The summed E-state index contributed by atoms with van der Waals surface area (Å²) >= 11 is 1.78. The van der Waals surface area contributed by atoms with Gasteiger partial charge in [-0.05, 0) is 23.9 Å². The van der Waals surface area contributed by atoms with E-state index in [1.54, 1.807) is 25.6 Å². The first kappa shape index (κ1) is 18.6. The van der Waals surface area contributed by atoms with Gasteiger partial charge in [-0.25, -0.2) is 0 Å². The van der Waals surface area contributed by atoms with Crippen LogP contribution in [0.3, 0.4) is 0 Å². The van der Waals surface area contributed by atoms with Gasteiger partial charge in [0, 0.05) is 21.6 Å². The molecule has 3 aromatic rings. The highest BCUT2D eigenvalue weighted by Gasteiger charge is 2.19. The van der Waals surface area contributed by atoms with Gasteiger partial charge in [-0.2, -0.15) is 0 Å². The summed E-state index contributed by atoms with van der Waals surface area (Å²) in [4.78, 5) is 1.26. The number of thiophene rings is 1. The molecule has 1 heterocycles. The highest BCUT2D eigenvalue weighted by atomic mass is 32.1. The van der Waals surface area contributed by atoms with Crippen molar-refractivity contribution in [2.75, 3.05) is 20.8 Å². The Morgan fingerprint density at radius 2 is 1.77 bits per heavy atom. The monoisotopic (exact) mass is 366 g/mol. The van der Waals surface area contributed by atoms with E-state index in [4.69, 9.17) is 22.1 Å². The molecule has 0 unspecified atom stereocenters. The van der Waals surface area contributed by atoms with E-state index >= 15 is 0 Å². The molecule has 0 saturated heterocycles. The van der Waals surface area contributed by atoms with Gasteiger partial charge < -0.3 is 14.2 Å². The lowest BCUT2D eigenvalue weighted by atomic mass is 9.90. The molecule has 0 N–H and O–H groups in total. The van der Waals surface area contributed by atoms with Crippen LogP contribution in [0.2, 0.25) is 0 Å². The molecule has 0 saturated carbocycles. The van der Waals surface area contributed by atoms with Crippen LogP contribution in [0.4, 0.5) is 0 Å². The average molecular weight is 366 g/mol. The second-order valence-corrected chi connectivity index (χ2v) is 7.32. The van der Waals surface area contributed by atoms with Crippen molar-refractivity contribution >= 4 is 34.7 Å². The highest BCUT2D eigenvalue weighted by Crippen LogP contribution is 2.40. The van der Waals surface area contributed by atoms with E-state index in [1.807, 2.05) is 6.07 Å². The standard InChI is InChI=1S/C21H23BO3S/c1-4-5-10-25-20-17(22)13-15(19(23-2)21(20)24-3)12-16-11-14-8-6-7-9-18(14)26-16/h6-9,11,13H,4-5,10,12H2,1-3H3. The largest absolute Gasteiger partial charge is 0.492 e. The molecule has 1 aromatic heterocycles. The molecule has 0 fully saturated rings. The molecule has 0 bridgehead atoms. The first-order chi connectivity index (χ1) is 12.7. The van der Waals surface area contributed by atoms with E-state index in [-0.39, 0.29) is 0 Å². The fraction of sp³-hybridized carbons (Fsp3) is 0.333. The van der Waals surface area contributed by atoms with Crippen molar-refractivity contribution in [2.24, 2.45) is 0 Å². The lowest BCUT2D eigenvalue weighted by molar-refractivity contribution is 0.280. The zero-order valence-corrected chi connectivity index (χ0v) is 16.3. The zero-order chi connectivity index (χ0) is 18.5. The molecular formula is C21H23BO3S. The van der Waals surface area contributed by atoms with Crippen LogP contribution in [0.15, 0.2) is 36.4 Å². The van der Waals surface area contributed by atoms with Gasteiger partial charge in [-0.1, -0.05) is 43.1 Å². The quantitative estimate of drug-likeness (QED) is 0.435. The van der Waals surface area contributed by atoms with E-state index in [2.05, 4.69) is 37.3 Å². The van der Waals surface area contributed by atoms with Gasteiger partial charge in [0.15, 0.2) is 11.5 Å². The molecule has 0 aliphatic rings. The second kappa shape index (κ2) is 8.50. The van der Waals surface area contributed by atoms with Crippen molar-refractivity contribution in [1.29, 1.82) is 0 Å². The Morgan fingerprint density at radius 3 is 2.46 bits per heavy atom. The summed E-state index contributed by atoms with van der Waals surface area (Å²) in [6.07, 6.45) is 2.76. The molecule has 0 amide bonds. The van der Waals surface area contributed by atoms with E-state index in [0.29, 0.717) is 29.3 Å². The first-order valence-electron chi connectivity index (χ1n) is 8.81. The van der Waals surface area contributed by atoms with E-state index in [0.717, 1.165) is 24.8 Å². The van der Waals surface area contributed by atoms with E-state index in [1.165, 1.54) is 15.0 Å². The molecule has 2 aromatic carbocycles. The fourth-order valence-corrected chi connectivity index (χ4v) is 4.11. The maximum Gasteiger partial charge on any atom is 0.202 e. The Morgan fingerprint density at radius 1 is 1.00 bits per heavy atom. The molecule has 0 aliphatic carbocycles. The zero-order valence-electron chi connectivity index (χ0n) is 15.5. The van der Waals surface area contributed by atoms with Crippen LogP contribution in [0.5, 0.6) is 17.2 Å². The Labute approximate surface area is 160 Å². The third kappa shape index (κ3) is 3.83. The van der Waals surface area contributed by atoms with Crippen molar-refractivity contribution < 1.29 is 14.2 Å². The maximum absolute atomic E-state index is 6.28. The van der Waals surface area contributed by atoms with Gasteiger partial charge >= 0.3 is 0 Å². The summed E-state index contributed by atoms with van der Waals surface area (Å²) in [7, 11) is 9.54. The third-order valence-electron chi connectivity index (χ3n) is 4.29. The van der Waals surface area contributed by atoms with Crippen molar-refractivity contribution in [3.63, 3.8) is 0 Å². The highest BCUT2D eigenvalue weighted by molar-refractivity contribution is 7.19. The number of benzene rings is 2. The van der Waals surface area contributed by atoms with Crippen LogP contribution in [-0.2, 0) is 6.42 Å². The van der Waals surface area contributed by atoms with Crippen molar-refractivity contribution in [3.05, 3.63) is 46.8 Å². The minimum Gasteiger partial charge on any atom is -0.492 e. The Bertz CT molecular complexity index is 855. The lowest BCUT2D eigenvalue weighted by Gasteiger charge is -2.19. The molecule has 0 spiro atoms. The van der Waals surface area contributed by atoms with Crippen LogP contribution < -0.4 is 19.7 Å². The van der Waals surface area contributed by atoms with Crippen molar-refractivity contribution in [1.82, 2.24) is 0 Å². The van der Waals surface area contributed by atoms with Gasteiger partial charge in [0.05, 0.1) is 20.8 Å². The smallest absolute Gasteiger partial charge is 0.202 e. The number of fused-ring (bicyclic) bond motifs is 1. The molecule has 26 heavy (non-hydrogen) atoms. The molecular weight excluding hydrogens is 343 g/mol. The van der Waals surface area contributed by atoms with Crippen molar-refractivity contribution in [3.8, 4) is 17.2 Å². The minimum atomic E-state index is 0.567. The van der Waals surface area contributed by atoms with Crippen LogP contribution in [0, 0.1) is 0 Å². The van der Waals surface area contributed by atoms with Gasteiger partial charge in [0.2, 0.25) is 5.75 Å². The topological polar surface area (TPSA) is 27.7 Å². The van der Waals surface area contributed by atoms with Gasteiger partial charge in [-0.3, -0.25) is 0 Å². The fourth-order valence-electron chi connectivity index (χ4n) is 3.02. The maximum atomic E-state index is 6.28. The van der Waals surface area contributed by atoms with Crippen molar-refractivity contribution in [2.45, 2.75) is 26.2 Å². The Balaban J connectivity index is 1.96. The van der Waals surface area contributed by atoms with Gasteiger partial charge in [0.25, 0.3) is 0 Å². The summed E-state index contributed by atoms with van der Waals surface area (Å²) in [6, 6.07) is 12.5. The normalized spacial score (nSPS) is 10.9. The van der Waals surface area contributed by atoms with Crippen LogP contribution in [0.1, 0.15) is 30.2 Å². The number of ether oxygens (including phenoxy) is 3. The lowest BCUT2D eigenvalue weighted by Crippen LogP contribution is -2.14. The predicted octanol–water partition coefficient (Wildman–Crippen LogP) is 4.48. The molecule has 0 aliphatic heterocycles. The summed E-state index contributed by atoms with van der Waals surface area (Å²) in [5.41, 5.74) is 1.58. The van der Waals surface area contributed by atoms with Gasteiger partial charge in [-0.15, -0.1) is 11.3 Å². The number of rotatable bonds is 8. The van der Waals surface area contributed by atoms with E-state index < -0.39 is 0 Å². The SMILES string of the molecule is [B]c1cc(Cc2cc3ccccc3s2)c(OC)c(OC)c1OCCCC. The van der Waals surface area contributed by atoms with Crippen LogP contribution in [-0.4, -0.2) is 28.7 Å². The predicted molar refractivity (Wildman–Crippen MR) is 110 cm³/mol. The molecule has 0 atom stereocenters. The first-order valence-corrected chi connectivity index (χ1v) is 9.63. The Kier molecular flexibility index (Phi) is 6.10. The summed E-state index contributed by atoms with van der Waals surface area (Å²) in [5, 5.41) is 1.26. The van der Waals surface area contributed by atoms with Crippen LogP contribution in [0.25, 0.3) is 10.1 Å². The van der Waals surface area contributed by atoms with Gasteiger partial charge in [0.1, 0.15) is 7.85 Å². The summed E-state index contributed by atoms with van der Waals surface area (Å²) in [5.74, 6) is 1.82. The average Bonchev–Trinajstić information content (AvgIpc) is 3.05.